The molecule has 5 aromatic rings. The number of aromatic nitrogens is 1. The van der Waals surface area contributed by atoms with Gasteiger partial charge in [0.2, 0.25) is 5.91 Å². The number of rotatable bonds is 9. The Labute approximate surface area is 241 Å². The van der Waals surface area contributed by atoms with Crippen LogP contribution in [0, 0.1) is 0 Å². The van der Waals surface area contributed by atoms with E-state index in [0.29, 0.717) is 18.7 Å². The van der Waals surface area contributed by atoms with Crippen LogP contribution in [0.15, 0.2) is 103 Å². The molecule has 5 rings (SSSR count). The highest BCUT2D eigenvalue weighted by molar-refractivity contribution is 6.31. The van der Waals surface area contributed by atoms with Gasteiger partial charge in [-0.25, -0.2) is 0 Å². The molecule has 1 atom stereocenters. The Balaban J connectivity index is 1.55. The van der Waals surface area contributed by atoms with Gasteiger partial charge in [-0.2, -0.15) is 13.2 Å². The summed E-state index contributed by atoms with van der Waals surface area (Å²) < 4.78 is 48.9. The molecule has 0 fully saturated rings. The van der Waals surface area contributed by atoms with Crippen LogP contribution >= 0.6 is 11.6 Å². The summed E-state index contributed by atoms with van der Waals surface area (Å²) in [5.74, 6) is -0.169. The van der Waals surface area contributed by atoms with Crippen molar-refractivity contribution in [2.45, 2.75) is 31.6 Å². The Hall–Kier alpha value is -4.23. The van der Waals surface area contributed by atoms with E-state index in [0.717, 1.165) is 39.4 Å². The second-order valence-electron chi connectivity index (χ2n) is 9.83. The quantitative estimate of drug-likeness (QED) is 0.192. The maximum atomic E-state index is 13.8. The van der Waals surface area contributed by atoms with Crippen molar-refractivity contribution in [2.75, 3.05) is 7.11 Å². The summed E-state index contributed by atoms with van der Waals surface area (Å²) in [7, 11) is 1.61. The first kappa shape index (κ1) is 28.3. The largest absolute Gasteiger partial charge is 0.497 e. The van der Waals surface area contributed by atoms with Gasteiger partial charge >= 0.3 is 6.18 Å². The first-order valence-corrected chi connectivity index (χ1v) is 13.5. The lowest BCUT2D eigenvalue weighted by Gasteiger charge is -2.19. The van der Waals surface area contributed by atoms with Crippen LogP contribution in [0.25, 0.3) is 10.9 Å². The minimum atomic E-state index is -4.63. The van der Waals surface area contributed by atoms with Crippen molar-refractivity contribution in [3.05, 3.63) is 136 Å². The number of halogens is 4. The van der Waals surface area contributed by atoms with E-state index in [1.807, 2.05) is 85.1 Å². The third-order valence-electron chi connectivity index (χ3n) is 7.13. The number of methoxy groups -OCH3 is 1. The van der Waals surface area contributed by atoms with Crippen LogP contribution in [0.5, 0.6) is 5.75 Å². The molecule has 0 radical (unpaired) electrons. The zero-order valence-electron chi connectivity index (χ0n) is 22.3. The molecule has 0 saturated carbocycles. The fraction of sp³-hybridized carbons (Fsp3) is 0.182. The third-order valence-corrected chi connectivity index (χ3v) is 7.46. The highest BCUT2D eigenvalue weighted by Crippen LogP contribution is 2.40. The van der Waals surface area contributed by atoms with Gasteiger partial charge in [0.15, 0.2) is 0 Å². The number of carbonyl (C=O) groups excluding carboxylic acids is 1. The van der Waals surface area contributed by atoms with Gasteiger partial charge in [-0.1, -0.05) is 78.3 Å². The van der Waals surface area contributed by atoms with E-state index in [4.69, 9.17) is 16.3 Å². The number of ether oxygens (including phenoxy) is 1. The molecule has 1 heterocycles. The molecule has 4 aromatic carbocycles. The Morgan fingerprint density at radius 2 is 1.63 bits per heavy atom. The number of hydrogen-bond donors (Lipinski definition) is 1. The van der Waals surface area contributed by atoms with Gasteiger partial charge in [0.05, 0.1) is 17.7 Å². The molecule has 0 saturated heterocycles. The maximum Gasteiger partial charge on any atom is 0.417 e. The first-order valence-electron chi connectivity index (χ1n) is 13.1. The number of nitrogens with one attached hydrogen (secondary N) is 1. The molecule has 4 nitrogen and oxygen atoms in total. The zero-order chi connectivity index (χ0) is 29.0. The number of carbonyl (C=O) groups is 1. The SMILES string of the molecule is COc1ccc(Cn2cc([C@H](CC(=O)NCc3ccccc3)c3ccc(Cl)c(C(F)(F)F)c3)c3ccccc32)cc1. The van der Waals surface area contributed by atoms with Crippen LogP contribution in [0.4, 0.5) is 13.2 Å². The minimum Gasteiger partial charge on any atom is -0.497 e. The molecule has 1 aromatic heterocycles. The van der Waals surface area contributed by atoms with Crippen LogP contribution < -0.4 is 10.1 Å². The van der Waals surface area contributed by atoms with Crippen LogP contribution in [0.2, 0.25) is 5.02 Å². The Morgan fingerprint density at radius 3 is 2.34 bits per heavy atom. The smallest absolute Gasteiger partial charge is 0.417 e. The van der Waals surface area contributed by atoms with E-state index in [1.54, 1.807) is 13.2 Å². The van der Waals surface area contributed by atoms with Gasteiger partial charge in [0.1, 0.15) is 5.75 Å². The van der Waals surface area contributed by atoms with E-state index in [2.05, 4.69) is 9.88 Å². The van der Waals surface area contributed by atoms with Crippen molar-refractivity contribution in [2.24, 2.45) is 0 Å². The van der Waals surface area contributed by atoms with Gasteiger partial charge in [0.25, 0.3) is 0 Å². The predicted molar refractivity (Wildman–Crippen MR) is 155 cm³/mol. The fourth-order valence-corrected chi connectivity index (χ4v) is 5.27. The van der Waals surface area contributed by atoms with Crippen LogP contribution in [-0.2, 0) is 24.1 Å². The summed E-state index contributed by atoms with van der Waals surface area (Å²) in [4.78, 5) is 13.2. The summed E-state index contributed by atoms with van der Waals surface area (Å²) in [5.41, 5.74) is 3.08. The predicted octanol–water partition coefficient (Wildman–Crippen LogP) is 8.21. The number of amides is 1. The molecule has 0 aliphatic heterocycles. The molecule has 1 amide bonds. The van der Waals surface area contributed by atoms with Crippen molar-refractivity contribution in [3.63, 3.8) is 0 Å². The van der Waals surface area contributed by atoms with Crippen molar-refractivity contribution in [3.8, 4) is 5.75 Å². The number of nitrogens with zero attached hydrogens (tertiary/aromatic N) is 1. The summed E-state index contributed by atoms with van der Waals surface area (Å²) in [6.07, 6.45) is -2.73. The first-order chi connectivity index (χ1) is 19.7. The van der Waals surface area contributed by atoms with Gasteiger partial charge in [-0.15, -0.1) is 0 Å². The molecule has 0 bridgehead atoms. The van der Waals surface area contributed by atoms with E-state index < -0.39 is 17.7 Å². The highest BCUT2D eigenvalue weighted by Gasteiger charge is 2.34. The normalized spacial score (nSPS) is 12.3. The van der Waals surface area contributed by atoms with Crippen molar-refractivity contribution in [1.82, 2.24) is 9.88 Å². The molecule has 1 N–H and O–H groups in total. The van der Waals surface area contributed by atoms with Gasteiger partial charge in [-0.3, -0.25) is 4.79 Å². The van der Waals surface area contributed by atoms with E-state index >= 15 is 0 Å². The van der Waals surface area contributed by atoms with Crippen molar-refractivity contribution >= 4 is 28.4 Å². The fourth-order valence-electron chi connectivity index (χ4n) is 5.05. The molecule has 0 unspecified atom stereocenters. The molecule has 41 heavy (non-hydrogen) atoms. The van der Waals surface area contributed by atoms with Crippen molar-refractivity contribution < 1.29 is 22.7 Å². The van der Waals surface area contributed by atoms with Crippen LogP contribution in [0.3, 0.4) is 0 Å². The number of benzene rings is 4. The van der Waals surface area contributed by atoms with E-state index in [9.17, 15) is 18.0 Å². The lowest BCUT2D eigenvalue weighted by molar-refractivity contribution is -0.137. The lowest BCUT2D eigenvalue weighted by Crippen LogP contribution is -2.25. The lowest BCUT2D eigenvalue weighted by atomic mass is 9.87. The highest BCUT2D eigenvalue weighted by atomic mass is 35.5. The maximum absolute atomic E-state index is 13.8. The molecule has 210 valence electrons. The summed E-state index contributed by atoms with van der Waals surface area (Å²) in [6, 6.07) is 28.8. The summed E-state index contributed by atoms with van der Waals surface area (Å²) in [6.45, 7) is 0.853. The molecular formula is C33H28ClF3N2O2. The average molecular weight is 577 g/mol. The Morgan fingerprint density at radius 1 is 0.927 bits per heavy atom. The summed E-state index contributed by atoms with van der Waals surface area (Å²) in [5, 5.41) is 3.41. The van der Waals surface area contributed by atoms with Crippen LogP contribution in [-0.4, -0.2) is 17.6 Å². The Kier molecular flexibility index (Phi) is 8.36. The molecule has 0 spiro atoms. The number of hydrogen-bond acceptors (Lipinski definition) is 2. The Bertz CT molecular complexity index is 1650. The monoisotopic (exact) mass is 576 g/mol. The van der Waals surface area contributed by atoms with Crippen LogP contribution in [0.1, 0.15) is 40.2 Å². The van der Waals surface area contributed by atoms with Crippen molar-refractivity contribution in [1.29, 1.82) is 0 Å². The number of para-hydroxylation sites is 1. The minimum absolute atomic E-state index is 0.0394. The number of alkyl halides is 3. The topological polar surface area (TPSA) is 43.3 Å². The van der Waals surface area contributed by atoms with Gasteiger partial charge < -0.3 is 14.6 Å². The van der Waals surface area contributed by atoms with Gasteiger partial charge in [0, 0.05) is 42.5 Å². The summed E-state index contributed by atoms with van der Waals surface area (Å²) >= 11 is 5.95. The molecular weight excluding hydrogens is 549 g/mol. The average Bonchev–Trinajstić information content (AvgIpc) is 3.33. The standard InChI is InChI=1S/C33H28ClF3N2O2/c1-41-25-14-11-23(12-15-25)20-39-21-28(26-9-5-6-10-31(26)39)27(18-32(40)38-19-22-7-3-2-4-8-22)24-13-16-30(34)29(17-24)33(35,36)37/h2-17,21,27H,18-20H2,1H3,(H,38,40)/t27-/m1/s1. The molecule has 8 heteroatoms. The molecule has 0 aliphatic rings. The number of fused-ring (bicyclic) bond motifs is 1. The molecule has 0 aliphatic carbocycles. The van der Waals surface area contributed by atoms with E-state index in [1.165, 1.54) is 6.07 Å². The third kappa shape index (κ3) is 6.57. The van der Waals surface area contributed by atoms with E-state index in [-0.39, 0.29) is 17.4 Å². The second kappa shape index (κ2) is 12.1. The zero-order valence-corrected chi connectivity index (χ0v) is 23.0. The second-order valence-corrected chi connectivity index (χ2v) is 10.2. The van der Waals surface area contributed by atoms with Gasteiger partial charge in [-0.05, 0) is 52.6 Å².